The second-order valence-electron chi connectivity index (χ2n) is 3.92. The number of carbonyl (C=O) groups excluding carboxylic acids is 1. The molecule has 0 aliphatic carbocycles. The third kappa shape index (κ3) is 4.31. The fraction of sp³-hybridized carbons (Fsp3) is 0.500. The van der Waals surface area contributed by atoms with Crippen LogP contribution in [0.4, 0.5) is 0 Å². The lowest BCUT2D eigenvalue weighted by molar-refractivity contribution is -0.149. The molecule has 1 aromatic rings. The highest BCUT2D eigenvalue weighted by atomic mass is 16.7. The Hall–Kier alpha value is -1.43. The topological polar surface area (TPSA) is 70.8 Å². The van der Waals surface area contributed by atoms with Crippen LogP contribution < -0.4 is 5.73 Å². The van der Waals surface area contributed by atoms with Crippen molar-refractivity contribution in [1.29, 1.82) is 0 Å². The molecule has 1 aromatic carbocycles. The zero-order valence-corrected chi connectivity index (χ0v) is 11.6. The van der Waals surface area contributed by atoms with Crippen molar-refractivity contribution in [1.82, 2.24) is 0 Å². The van der Waals surface area contributed by atoms with Gasteiger partial charge in [0.25, 0.3) is 0 Å². The summed E-state index contributed by atoms with van der Waals surface area (Å²) in [5.74, 6) is -0.369. The van der Waals surface area contributed by atoms with Crippen LogP contribution in [-0.4, -0.2) is 32.6 Å². The Labute approximate surface area is 113 Å². The summed E-state index contributed by atoms with van der Waals surface area (Å²) in [7, 11) is 1.35. The predicted molar refractivity (Wildman–Crippen MR) is 71.7 cm³/mol. The zero-order chi connectivity index (χ0) is 14.3. The molecule has 0 unspecified atom stereocenters. The highest BCUT2D eigenvalue weighted by Gasteiger charge is 2.20. The summed E-state index contributed by atoms with van der Waals surface area (Å²) in [4.78, 5) is 11.3. The summed E-state index contributed by atoms with van der Waals surface area (Å²) in [5, 5.41) is 0. The summed E-state index contributed by atoms with van der Waals surface area (Å²) in [6.45, 7) is 4.83. The van der Waals surface area contributed by atoms with E-state index in [4.69, 9.17) is 15.2 Å². The van der Waals surface area contributed by atoms with Gasteiger partial charge in [-0.05, 0) is 31.5 Å². The summed E-state index contributed by atoms with van der Waals surface area (Å²) in [6.07, 6.45) is -0.487. The van der Waals surface area contributed by atoms with E-state index in [1.54, 1.807) is 24.3 Å². The minimum Gasteiger partial charge on any atom is -0.465 e. The molecule has 2 N–H and O–H groups in total. The summed E-state index contributed by atoms with van der Waals surface area (Å²) in [5.41, 5.74) is 7.44. The van der Waals surface area contributed by atoms with Gasteiger partial charge in [0.2, 0.25) is 0 Å². The fourth-order valence-corrected chi connectivity index (χ4v) is 1.70. The number of esters is 1. The van der Waals surface area contributed by atoms with E-state index in [2.05, 4.69) is 4.74 Å². The Morgan fingerprint density at radius 3 is 2.11 bits per heavy atom. The molecule has 0 aliphatic rings. The van der Waals surface area contributed by atoms with E-state index in [1.165, 1.54) is 7.11 Å². The average Bonchev–Trinajstić information content (AvgIpc) is 2.45. The van der Waals surface area contributed by atoms with Gasteiger partial charge >= 0.3 is 5.97 Å². The normalized spacial score (nSPS) is 12.5. The number of benzene rings is 1. The third-order valence-electron chi connectivity index (χ3n) is 2.67. The Morgan fingerprint density at radius 1 is 1.16 bits per heavy atom. The first-order valence-electron chi connectivity index (χ1n) is 6.31. The fourth-order valence-electron chi connectivity index (χ4n) is 1.70. The van der Waals surface area contributed by atoms with Crippen LogP contribution in [0, 0.1) is 0 Å². The highest BCUT2D eigenvalue weighted by Crippen LogP contribution is 2.18. The molecule has 0 saturated heterocycles. The lowest BCUT2D eigenvalue weighted by atomic mass is 10.1. The van der Waals surface area contributed by atoms with Crippen LogP contribution in [0.2, 0.25) is 0 Å². The Morgan fingerprint density at radius 2 is 1.68 bits per heavy atom. The molecular formula is C14H21NO4. The summed E-state index contributed by atoms with van der Waals surface area (Å²) >= 11 is 0. The van der Waals surface area contributed by atoms with E-state index in [9.17, 15) is 4.79 Å². The minimum absolute atomic E-state index is 0.369. The van der Waals surface area contributed by atoms with Gasteiger partial charge in [0, 0.05) is 13.2 Å². The lowest BCUT2D eigenvalue weighted by Crippen LogP contribution is -2.31. The number of ether oxygens (including phenoxy) is 3. The molecule has 1 rings (SSSR count). The van der Waals surface area contributed by atoms with E-state index in [1.807, 2.05) is 13.8 Å². The van der Waals surface area contributed by atoms with Crippen molar-refractivity contribution in [3.63, 3.8) is 0 Å². The lowest BCUT2D eigenvalue weighted by Gasteiger charge is -2.23. The van der Waals surface area contributed by atoms with Gasteiger partial charge in [0.15, 0.2) is 6.29 Å². The number of methoxy groups -OCH3 is 1. The number of carbonyl (C=O) groups is 1. The van der Waals surface area contributed by atoms with Crippen LogP contribution in [-0.2, 0) is 14.2 Å². The first-order valence-corrected chi connectivity index (χ1v) is 6.31. The van der Waals surface area contributed by atoms with Crippen molar-refractivity contribution in [3.8, 4) is 0 Å². The van der Waals surface area contributed by atoms with Crippen LogP contribution in [0.25, 0.3) is 0 Å². The van der Waals surface area contributed by atoms with E-state index in [0.717, 1.165) is 5.56 Å². The molecule has 106 valence electrons. The van der Waals surface area contributed by atoms with E-state index in [0.29, 0.717) is 18.8 Å². The zero-order valence-electron chi connectivity index (χ0n) is 11.6. The van der Waals surface area contributed by atoms with Crippen molar-refractivity contribution in [2.24, 2.45) is 5.73 Å². The van der Waals surface area contributed by atoms with Crippen LogP contribution >= 0.6 is 0 Å². The van der Waals surface area contributed by atoms with Gasteiger partial charge in [-0.2, -0.15) is 0 Å². The molecule has 0 bridgehead atoms. The monoisotopic (exact) mass is 267 g/mol. The van der Waals surface area contributed by atoms with Crippen molar-refractivity contribution in [2.75, 3.05) is 20.3 Å². The van der Waals surface area contributed by atoms with Crippen LogP contribution in [0.15, 0.2) is 24.3 Å². The Bertz CT molecular complexity index is 385. The van der Waals surface area contributed by atoms with Gasteiger partial charge < -0.3 is 19.9 Å². The predicted octanol–water partition coefficient (Wildman–Crippen LogP) is 1.87. The largest absolute Gasteiger partial charge is 0.465 e. The van der Waals surface area contributed by atoms with Crippen LogP contribution in [0.1, 0.15) is 35.8 Å². The maximum absolute atomic E-state index is 11.3. The second kappa shape index (κ2) is 7.89. The maximum Gasteiger partial charge on any atom is 0.337 e. The second-order valence-corrected chi connectivity index (χ2v) is 3.92. The molecule has 0 radical (unpaired) electrons. The highest BCUT2D eigenvalue weighted by molar-refractivity contribution is 5.89. The van der Waals surface area contributed by atoms with E-state index < -0.39 is 12.3 Å². The molecule has 0 spiro atoms. The molecule has 0 amide bonds. The van der Waals surface area contributed by atoms with Crippen molar-refractivity contribution < 1.29 is 19.0 Å². The standard InChI is InChI=1S/C14H21NO4/c1-4-18-14(19-5-2)12(15)10-6-8-11(9-7-10)13(16)17-3/h6-9,12,14H,4-5,15H2,1-3H3/t12-/m0/s1. The first kappa shape index (κ1) is 15.6. The molecular weight excluding hydrogens is 246 g/mol. The van der Waals surface area contributed by atoms with Crippen molar-refractivity contribution >= 4 is 5.97 Å². The number of hydrogen-bond donors (Lipinski definition) is 1. The molecule has 0 aliphatic heterocycles. The molecule has 0 fully saturated rings. The molecule has 5 nitrogen and oxygen atoms in total. The van der Waals surface area contributed by atoms with E-state index in [-0.39, 0.29) is 5.97 Å². The van der Waals surface area contributed by atoms with Gasteiger partial charge in [-0.1, -0.05) is 12.1 Å². The molecule has 19 heavy (non-hydrogen) atoms. The van der Waals surface area contributed by atoms with Gasteiger partial charge in [0.1, 0.15) is 0 Å². The Balaban J connectivity index is 2.80. The van der Waals surface area contributed by atoms with Crippen LogP contribution in [0.3, 0.4) is 0 Å². The maximum atomic E-state index is 11.3. The third-order valence-corrected chi connectivity index (χ3v) is 2.67. The first-order chi connectivity index (χ1) is 9.13. The van der Waals surface area contributed by atoms with Gasteiger partial charge in [-0.25, -0.2) is 4.79 Å². The smallest absolute Gasteiger partial charge is 0.337 e. The molecule has 5 heteroatoms. The minimum atomic E-state index is -0.487. The molecule has 0 aromatic heterocycles. The molecule has 1 atom stereocenters. The SMILES string of the molecule is CCOC(OCC)[C@@H](N)c1ccc(C(=O)OC)cc1. The van der Waals surface area contributed by atoms with Crippen molar-refractivity contribution in [3.05, 3.63) is 35.4 Å². The number of rotatable bonds is 7. The number of hydrogen-bond acceptors (Lipinski definition) is 5. The number of nitrogens with two attached hydrogens (primary N) is 1. The van der Waals surface area contributed by atoms with Gasteiger partial charge in [-0.3, -0.25) is 0 Å². The quantitative estimate of drug-likeness (QED) is 0.603. The average molecular weight is 267 g/mol. The molecule has 0 heterocycles. The van der Waals surface area contributed by atoms with Gasteiger partial charge in [0.05, 0.1) is 18.7 Å². The van der Waals surface area contributed by atoms with Crippen molar-refractivity contribution in [2.45, 2.75) is 26.2 Å². The van der Waals surface area contributed by atoms with E-state index >= 15 is 0 Å². The van der Waals surface area contributed by atoms with Crippen LogP contribution in [0.5, 0.6) is 0 Å². The Kier molecular flexibility index (Phi) is 6.49. The molecule has 0 saturated carbocycles. The summed E-state index contributed by atoms with van der Waals surface area (Å²) < 4.78 is 15.6. The summed E-state index contributed by atoms with van der Waals surface area (Å²) in [6, 6.07) is 6.52. The van der Waals surface area contributed by atoms with Gasteiger partial charge in [-0.15, -0.1) is 0 Å².